The van der Waals surface area contributed by atoms with E-state index in [1.165, 1.54) is 0 Å². The fraction of sp³-hybridized carbons (Fsp3) is 0.545. The highest BCUT2D eigenvalue weighted by atomic mass is 35.5. The molecule has 0 saturated carbocycles. The van der Waals surface area contributed by atoms with E-state index in [2.05, 4.69) is 5.32 Å². The molecule has 84 valence electrons. The predicted octanol–water partition coefficient (Wildman–Crippen LogP) is 2.33. The first kappa shape index (κ1) is 12.1. The van der Waals surface area contributed by atoms with Crippen molar-refractivity contribution in [2.45, 2.75) is 38.8 Å². The summed E-state index contributed by atoms with van der Waals surface area (Å²) in [7, 11) is 0. The zero-order chi connectivity index (χ0) is 11.7. The van der Waals surface area contributed by atoms with Crippen LogP contribution in [-0.2, 0) is 9.53 Å². The van der Waals surface area contributed by atoms with E-state index in [1.54, 1.807) is 25.2 Å². The van der Waals surface area contributed by atoms with Crippen LogP contribution in [0.1, 0.15) is 27.7 Å². The van der Waals surface area contributed by atoms with Crippen molar-refractivity contribution in [2.75, 3.05) is 0 Å². The lowest BCUT2D eigenvalue weighted by molar-refractivity contribution is -0.160. The van der Waals surface area contributed by atoms with E-state index < -0.39 is 11.1 Å². The summed E-state index contributed by atoms with van der Waals surface area (Å²) in [5.41, 5.74) is -1.37. The second kappa shape index (κ2) is 3.89. The van der Waals surface area contributed by atoms with Crippen LogP contribution in [0.25, 0.3) is 0 Å². The number of ether oxygens (including phenoxy) is 1. The Hall–Kier alpha value is -0.960. The highest BCUT2D eigenvalue weighted by Crippen LogP contribution is 2.20. The van der Waals surface area contributed by atoms with E-state index in [0.717, 1.165) is 0 Å². The topological polar surface area (TPSA) is 38.3 Å². The smallest absolute Gasteiger partial charge is 0.336 e. The van der Waals surface area contributed by atoms with Gasteiger partial charge in [-0.15, -0.1) is 0 Å². The summed E-state index contributed by atoms with van der Waals surface area (Å²) in [6, 6.07) is 0. The number of carbonyl (C=O) groups is 1. The molecule has 0 aromatic heterocycles. The third-order valence-corrected chi connectivity index (χ3v) is 2.09. The summed E-state index contributed by atoms with van der Waals surface area (Å²) in [4.78, 5) is 11.9. The van der Waals surface area contributed by atoms with Crippen LogP contribution in [0.15, 0.2) is 23.4 Å². The average molecular weight is 230 g/mol. The Balaban J connectivity index is 2.76. The molecule has 1 atom stereocenters. The van der Waals surface area contributed by atoms with Crippen LogP contribution in [0.4, 0.5) is 0 Å². The molecule has 3 nitrogen and oxygen atoms in total. The number of carbonyl (C=O) groups excluding carboxylic acids is 1. The summed E-state index contributed by atoms with van der Waals surface area (Å²) < 4.78 is 5.29. The molecule has 0 saturated heterocycles. The first-order chi connectivity index (χ1) is 6.73. The Morgan fingerprint density at radius 3 is 2.60 bits per heavy atom. The van der Waals surface area contributed by atoms with Crippen LogP contribution < -0.4 is 5.32 Å². The third kappa shape index (κ3) is 3.27. The van der Waals surface area contributed by atoms with E-state index in [9.17, 15) is 4.79 Å². The molecule has 0 aliphatic carbocycles. The molecule has 0 spiro atoms. The van der Waals surface area contributed by atoms with Gasteiger partial charge in [0.1, 0.15) is 10.8 Å². The minimum atomic E-state index is -0.876. The van der Waals surface area contributed by atoms with Gasteiger partial charge in [0.15, 0.2) is 5.54 Å². The van der Waals surface area contributed by atoms with Gasteiger partial charge < -0.3 is 10.1 Å². The quantitative estimate of drug-likeness (QED) is 0.554. The molecule has 1 unspecified atom stereocenters. The van der Waals surface area contributed by atoms with Gasteiger partial charge in [-0.1, -0.05) is 17.7 Å². The monoisotopic (exact) mass is 229 g/mol. The predicted molar refractivity (Wildman–Crippen MR) is 60.5 cm³/mol. The summed E-state index contributed by atoms with van der Waals surface area (Å²) in [5, 5.41) is 3.32. The highest BCUT2D eigenvalue weighted by Gasteiger charge is 2.36. The SMILES string of the molecule is CC(C)(C)OC(=O)C1(C)C=CC=C(Cl)N1. The summed E-state index contributed by atoms with van der Waals surface area (Å²) in [5.74, 6) is -0.336. The lowest BCUT2D eigenvalue weighted by atomic mass is 10.00. The van der Waals surface area contributed by atoms with E-state index >= 15 is 0 Å². The van der Waals surface area contributed by atoms with E-state index in [4.69, 9.17) is 16.3 Å². The van der Waals surface area contributed by atoms with Gasteiger partial charge in [0, 0.05) is 0 Å². The van der Waals surface area contributed by atoms with Crippen LogP contribution in [0, 0.1) is 0 Å². The second-order valence-corrected chi connectivity index (χ2v) is 5.11. The zero-order valence-electron chi connectivity index (χ0n) is 9.43. The van der Waals surface area contributed by atoms with Crippen molar-refractivity contribution in [2.24, 2.45) is 0 Å². The molecule has 0 aromatic carbocycles. The normalized spacial score (nSPS) is 25.5. The number of esters is 1. The lowest BCUT2D eigenvalue weighted by Gasteiger charge is -2.31. The van der Waals surface area contributed by atoms with Gasteiger partial charge in [0.2, 0.25) is 0 Å². The Morgan fingerprint density at radius 2 is 2.13 bits per heavy atom. The molecule has 1 rings (SSSR count). The van der Waals surface area contributed by atoms with E-state index in [-0.39, 0.29) is 5.97 Å². The van der Waals surface area contributed by atoms with Gasteiger partial charge in [0.25, 0.3) is 0 Å². The average Bonchev–Trinajstić information content (AvgIpc) is 2.00. The third-order valence-electron chi connectivity index (χ3n) is 1.87. The van der Waals surface area contributed by atoms with Crippen LogP contribution in [0.3, 0.4) is 0 Å². The fourth-order valence-corrected chi connectivity index (χ4v) is 1.43. The molecule has 0 bridgehead atoms. The zero-order valence-corrected chi connectivity index (χ0v) is 10.2. The van der Waals surface area contributed by atoms with Crippen molar-refractivity contribution in [1.82, 2.24) is 5.32 Å². The van der Waals surface area contributed by atoms with Crippen LogP contribution in [0.2, 0.25) is 0 Å². The second-order valence-electron chi connectivity index (χ2n) is 4.70. The molecule has 1 aliphatic heterocycles. The minimum Gasteiger partial charge on any atom is -0.458 e. The van der Waals surface area contributed by atoms with Crippen LogP contribution in [0.5, 0.6) is 0 Å². The van der Waals surface area contributed by atoms with Crippen molar-refractivity contribution < 1.29 is 9.53 Å². The Morgan fingerprint density at radius 1 is 1.53 bits per heavy atom. The summed E-state index contributed by atoms with van der Waals surface area (Å²) in [6.07, 6.45) is 5.16. The number of rotatable bonds is 1. The van der Waals surface area contributed by atoms with Gasteiger partial charge in [-0.2, -0.15) is 0 Å². The lowest BCUT2D eigenvalue weighted by Crippen LogP contribution is -2.50. The van der Waals surface area contributed by atoms with Gasteiger partial charge in [-0.05, 0) is 39.8 Å². The Kier molecular flexibility index (Phi) is 3.14. The summed E-state index contributed by atoms with van der Waals surface area (Å²) in [6.45, 7) is 7.22. The van der Waals surface area contributed by atoms with Crippen molar-refractivity contribution in [3.05, 3.63) is 23.4 Å². The number of halogens is 1. The number of nitrogens with one attached hydrogen (secondary N) is 1. The van der Waals surface area contributed by atoms with E-state index in [1.807, 2.05) is 20.8 Å². The van der Waals surface area contributed by atoms with Crippen molar-refractivity contribution >= 4 is 17.6 Å². The maximum Gasteiger partial charge on any atom is 0.336 e. The van der Waals surface area contributed by atoms with Gasteiger partial charge in [-0.3, -0.25) is 0 Å². The molecule has 0 aromatic rings. The molecule has 1 N–H and O–H groups in total. The van der Waals surface area contributed by atoms with Crippen molar-refractivity contribution in [3.8, 4) is 0 Å². The molecule has 1 heterocycles. The first-order valence-corrected chi connectivity index (χ1v) is 5.17. The molecule has 1 aliphatic rings. The number of hydrogen-bond donors (Lipinski definition) is 1. The highest BCUT2D eigenvalue weighted by molar-refractivity contribution is 6.29. The van der Waals surface area contributed by atoms with Crippen LogP contribution >= 0.6 is 11.6 Å². The maximum absolute atomic E-state index is 11.9. The molecule has 4 heteroatoms. The van der Waals surface area contributed by atoms with Gasteiger partial charge in [-0.25, -0.2) is 4.79 Å². The summed E-state index contributed by atoms with van der Waals surface area (Å²) >= 11 is 5.81. The largest absolute Gasteiger partial charge is 0.458 e. The molecule has 0 radical (unpaired) electrons. The Bertz CT molecular complexity index is 328. The van der Waals surface area contributed by atoms with Crippen molar-refractivity contribution in [3.63, 3.8) is 0 Å². The van der Waals surface area contributed by atoms with Crippen LogP contribution in [-0.4, -0.2) is 17.1 Å². The van der Waals surface area contributed by atoms with Crippen molar-refractivity contribution in [1.29, 1.82) is 0 Å². The molecular weight excluding hydrogens is 214 g/mol. The van der Waals surface area contributed by atoms with Gasteiger partial charge in [0.05, 0.1) is 0 Å². The molecule has 15 heavy (non-hydrogen) atoms. The molecule has 0 fully saturated rings. The fourth-order valence-electron chi connectivity index (χ4n) is 1.16. The molecular formula is C11H16ClNO2. The first-order valence-electron chi connectivity index (χ1n) is 4.80. The number of hydrogen-bond acceptors (Lipinski definition) is 3. The van der Waals surface area contributed by atoms with Gasteiger partial charge >= 0.3 is 5.97 Å². The standard InChI is InChI=1S/C11H16ClNO2/c1-10(2,3)15-9(14)11(4)7-5-6-8(12)13-11/h5-7,13H,1-4H3. The Labute approximate surface area is 95.1 Å². The maximum atomic E-state index is 11.9. The number of dihydropyridines is 1. The number of allylic oxidation sites excluding steroid dienone is 2. The van der Waals surface area contributed by atoms with E-state index in [0.29, 0.717) is 5.16 Å². The minimum absolute atomic E-state index is 0.336. The molecule has 0 amide bonds.